The van der Waals surface area contributed by atoms with Gasteiger partial charge in [0.25, 0.3) is 0 Å². The first-order chi connectivity index (χ1) is 9.56. The standard InChI is InChI=1S/C15H14ClNO2S/c1-11-7-8-13(16)14(9-11)17(10-15(18)19)20-12-5-3-2-4-6-12/h2-9H,10H2,1H3,(H,18,19). The maximum Gasteiger partial charge on any atom is 0.324 e. The van der Waals surface area contributed by atoms with Gasteiger partial charge < -0.3 is 5.11 Å². The van der Waals surface area contributed by atoms with Gasteiger partial charge >= 0.3 is 5.97 Å². The summed E-state index contributed by atoms with van der Waals surface area (Å²) in [7, 11) is 0. The predicted octanol–water partition coefficient (Wildman–Crippen LogP) is 4.25. The molecule has 0 heterocycles. The Morgan fingerprint density at radius 3 is 2.60 bits per heavy atom. The largest absolute Gasteiger partial charge is 0.480 e. The van der Waals surface area contributed by atoms with E-state index in [4.69, 9.17) is 16.7 Å². The molecule has 0 spiro atoms. The molecule has 20 heavy (non-hydrogen) atoms. The highest BCUT2D eigenvalue weighted by molar-refractivity contribution is 8.00. The van der Waals surface area contributed by atoms with E-state index in [1.165, 1.54) is 11.9 Å². The van der Waals surface area contributed by atoms with Crippen LogP contribution in [-0.4, -0.2) is 17.6 Å². The minimum atomic E-state index is -0.897. The average molecular weight is 308 g/mol. The first kappa shape index (κ1) is 14.8. The lowest BCUT2D eigenvalue weighted by atomic mass is 10.2. The molecule has 0 fully saturated rings. The van der Waals surface area contributed by atoms with E-state index in [9.17, 15) is 4.79 Å². The molecule has 2 rings (SSSR count). The lowest BCUT2D eigenvalue weighted by Gasteiger charge is -2.22. The van der Waals surface area contributed by atoms with Crippen molar-refractivity contribution in [2.45, 2.75) is 11.8 Å². The van der Waals surface area contributed by atoms with Crippen molar-refractivity contribution in [1.29, 1.82) is 0 Å². The number of halogens is 1. The van der Waals surface area contributed by atoms with Crippen molar-refractivity contribution in [1.82, 2.24) is 0 Å². The molecule has 5 heteroatoms. The molecule has 0 aliphatic heterocycles. The highest BCUT2D eigenvalue weighted by Crippen LogP contribution is 2.34. The number of carbonyl (C=O) groups is 1. The molecule has 0 aliphatic rings. The van der Waals surface area contributed by atoms with Crippen LogP contribution in [0.2, 0.25) is 5.02 Å². The van der Waals surface area contributed by atoms with Crippen LogP contribution in [0.25, 0.3) is 0 Å². The van der Waals surface area contributed by atoms with Crippen LogP contribution in [0.15, 0.2) is 53.4 Å². The van der Waals surface area contributed by atoms with Crippen LogP contribution in [0.3, 0.4) is 0 Å². The van der Waals surface area contributed by atoms with Gasteiger partial charge in [-0.25, -0.2) is 0 Å². The fraction of sp³-hybridized carbons (Fsp3) is 0.133. The Morgan fingerprint density at radius 2 is 1.95 bits per heavy atom. The first-order valence-corrected chi connectivity index (χ1v) is 7.20. The zero-order valence-electron chi connectivity index (χ0n) is 10.9. The van der Waals surface area contributed by atoms with Gasteiger partial charge in [0.2, 0.25) is 0 Å². The molecule has 3 nitrogen and oxygen atoms in total. The zero-order chi connectivity index (χ0) is 14.5. The van der Waals surface area contributed by atoms with Gasteiger partial charge in [-0.15, -0.1) is 0 Å². The van der Waals surface area contributed by atoms with Crippen LogP contribution in [-0.2, 0) is 4.79 Å². The number of aryl methyl sites for hydroxylation is 1. The number of benzene rings is 2. The summed E-state index contributed by atoms with van der Waals surface area (Å²) in [6, 6.07) is 15.2. The van der Waals surface area contributed by atoms with Gasteiger partial charge in [-0.1, -0.05) is 35.9 Å². The van der Waals surface area contributed by atoms with Gasteiger partial charge in [0.05, 0.1) is 10.7 Å². The smallest absolute Gasteiger partial charge is 0.324 e. The monoisotopic (exact) mass is 307 g/mol. The van der Waals surface area contributed by atoms with Crippen LogP contribution in [0, 0.1) is 6.92 Å². The van der Waals surface area contributed by atoms with Gasteiger partial charge in [0.1, 0.15) is 6.54 Å². The van der Waals surface area contributed by atoms with Gasteiger partial charge in [0.15, 0.2) is 0 Å². The molecule has 104 valence electrons. The quantitative estimate of drug-likeness (QED) is 0.839. The number of hydrogen-bond acceptors (Lipinski definition) is 3. The molecule has 0 bridgehead atoms. The van der Waals surface area contributed by atoms with Crippen molar-refractivity contribution >= 4 is 35.2 Å². The molecule has 0 atom stereocenters. The molecular formula is C15H14ClNO2S. The SMILES string of the molecule is Cc1ccc(Cl)c(N(CC(=O)O)Sc2ccccc2)c1. The summed E-state index contributed by atoms with van der Waals surface area (Å²) in [5.74, 6) is -0.897. The second-order valence-electron chi connectivity index (χ2n) is 4.29. The van der Waals surface area contributed by atoms with Crippen molar-refractivity contribution in [3.8, 4) is 0 Å². The van der Waals surface area contributed by atoms with Crippen LogP contribution >= 0.6 is 23.5 Å². The summed E-state index contributed by atoms with van der Waals surface area (Å²) in [6.07, 6.45) is 0. The van der Waals surface area contributed by atoms with Gasteiger partial charge in [0, 0.05) is 4.90 Å². The Kier molecular flexibility index (Phi) is 4.93. The number of aliphatic carboxylic acids is 1. The fourth-order valence-corrected chi connectivity index (χ4v) is 2.94. The number of carboxylic acid groups (broad SMARTS) is 1. The molecule has 0 aliphatic carbocycles. The number of anilines is 1. The Bertz CT molecular complexity index is 604. The molecular weight excluding hydrogens is 294 g/mol. The van der Waals surface area contributed by atoms with E-state index in [1.807, 2.05) is 49.4 Å². The van der Waals surface area contributed by atoms with E-state index >= 15 is 0 Å². The van der Waals surface area contributed by atoms with Crippen LogP contribution in [0.5, 0.6) is 0 Å². The van der Waals surface area contributed by atoms with E-state index in [0.717, 1.165) is 10.5 Å². The number of nitrogens with zero attached hydrogens (tertiary/aromatic N) is 1. The molecule has 0 aromatic heterocycles. The van der Waals surface area contributed by atoms with Crippen molar-refractivity contribution in [2.24, 2.45) is 0 Å². The topological polar surface area (TPSA) is 40.5 Å². The summed E-state index contributed by atoms with van der Waals surface area (Å²) >= 11 is 7.55. The number of rotatable bonds is 5. The van der Waals surface area contributed by atoms with Crippen LogP contribution in [0.4, 0.5) is 5.69 Å². The molecule has 0 saturated heterocycles. The maximum atomic E-state index is 11.1. The van der Waals surface area contributed by atoms with Crippen LogP contribution < -0.4 is 4.31 Å². The first-order valence-electron chi connectivity index (χ1n) is 6.05. The molecule has 2 aromatic carbocycles. The van der Waals surface area contributed by atoms with Gasteiger partial charge in [-0.2, -0.15) is 0 Å². The summed E-state index contributed by atoms with van der Waals surface area (Å²) in [5, 5.41) is 9.63. The van der Waals surface area contributed by atoms with Crippen molar-refractivity contribution in [3.63, 3.8) is 0 Å². The van der Waals surface area contributed by atoms with Gasteiger partial charge in [-0.05, 0) is 48.7 Å². The molecule has 0 radical (unpaired) electrons. The molecule has 0 amide bonds. The minimum Gasteiger partial charge on any atom is -0.480 e. The van der Waals surface area contributed by atoms with Crippen LogP contribution in [0.1, 0.15) is 5.56 Å². The molecule has 1 N–H and O–H groups in total. The summed E-state index contributed by atoms with van der Waals surface area (Å²) in [5.41, 5.74) is 1.75. The third-order valence-corrected chi connectivity index (χ3v) is 3.96. The fourth-order valence-electron chi connectivity index (χ4n) is 1.71. The average Bonchev–Trinajstić information content (AvgIpc) is 2.41. The van der Waals surface area contributed by atoms with E-state index in [-0.39, 0.29) is 6.54 Å². The lowest BCUT2D eigenvalue weighted by molar-refractivity contribution is -0.135. The lowest BCUT2D eigenvalue weighted by Crippen LogP contribution is -2.23. The van der Waals surface area contributed by atoms with Crippen molar-refractivity contribution in [3.05, 3.63) is 59.1 Å². The molecule has 0 saturated carbocycles. The summed E-state index contributed by atoms with van der Waals surface area (Å²) in [6.45, 7) is 1.83. The third kappa shape index (κ3) is 3.92. The zero-order valence-corrected chi connectivity index (χ0v) is 12.5. The van der Waals surface area contributed by atoms with Crippen molar-refractivity contribution in [2.75, 3.05) is 10.8 Å². The van der Waals surface area contributed by atoms with Gasteiger partial charge in [-0.3, -0.25) is 9.10 Å². The highest BCUT2D eigenvalue weighted by Gasteiger charge is 2.15. The number of hydrogen-bond donors (Lipinski definition) is 1. The Balaban J connectivity index is 2.32. The predicted molar refractivity (Wildman–Crippen MR) is 83.5 cm³/mol. The highest BCUT2D eigenvalue weighted by atomic mass is 35.5. The van der Waals surface area contributed by atoms with E-state index in [0.29, 0.717) is 10.7 Å². The van der Waals surface area contributed by atoms with E-state index in [2.05, 4.69) is 0 Å². The minimum absolute atomic E-state index is 0.122. The second-order valence-corrected chi connectivity index (χ2v) is 5.79. The summed E-state index contributed by atoms with van der Waals surface area (Å²) < 4.78 is 1.69. The van der Waals surface area contributed by atoms with E-state index in [1.54, 1.807) is 10.4 Å². The maximum absolute atomic E-state index is 11.1. The Morgan fingerprint density at radius 1 is 1.25 bits per heavy atom. The summed E-state index contributed by atoms with van der Waals surface area (Å²) in [4.78, 5) is 12.0. The number of carboxylic acids is 1. The molecule has 0 unspecified atom stereocenters. The Labute approximate surface area is 127 Å². The normalized spacial score (nSPS) is 10.3. The second kappa shape index (κ2) is 6.68. The third-order valence-electron chi connectivity index (χ3n) is 2.61. The molecule has 2 aromatic rings. The van der Waals surface area contributed by atoms with E-state index < -0.39 is 5.97 Å². The Hall–Kier alpha value is -1.65. The van der Waals surface area contributed by atoms with Crippen molar-refractivity contribution < 1.29 is 9.90 Å².